The summed E-state index contributed by atoms with van der Waals surface area (Å²) in [4.78, 5) is 25.6. The molecule has 2 aromatic rings. The van der Waals surface area contributed by atoms with Gasteiger partial charge in [-0.3, -0.25) is 9.59 Å². The summed E-state index contributed by atoms with van der Waals surface area (Å²) in [6, 6.07) is 12.4. The van der Waals surface area contributed by atoms with Gasteiger partial charge in [0.05, 0.1) is 10.7 Å². The van der Waals surface area contributed by atoms with Crippen molar-refractivity contribution in [2.75, 3.05) is 16.8 Å². The second-order valence-electron chi connectivity index (χ2n) is 6.03. The van der Waals surface area contributed by atoms with Crippen LogP contribution in [0.3, 0.4) is 0 Å². The van der Waals surface area contributed by atoms with Crippen LogP contribution < -0.4 is 10.2 Å². The fourth-order valence-electron chi connectivity index (χ4n) is 2.36. The second-order valence-corrected chi connectivity index (χ2v) is 6.87. The van der Waals surface area contributed by atoms with E-state index in [1.165, 1.54) is 23.5 Å². The number of anilines is 2. The van der Waals surface area contributed by atoms with E-state index >= 15 is 0 Å². The van der Waals surface area contributed by atoms with Crippen LogP contribution >= 0.6 is 23.2 Å². The third-order valence-corrected chi connectivity index (χ3v) is 4.28. The Morgan fingerprint density at radius 1 is 1.08 bits per heavy atom. The number of carbonyl (C=O) groups excluding carboxylic acids is 2. The zero-order valence-corrected chi connectivity index (χ0v) is 15.9. The first kappa shape index (κ1) is 19.3. The van der Waals surface area contributed by atoms with Gasteiger partial charge in [-0.05, 0) is 41.8 Å². The van der Waals surface area contributed by atoms with Crippen LogP contribution in [0.2, 0.25) is 10.0 Å². The Morgan fingerprint density at radius 3 is 2.24 bits per heavy atom. The molecule has 0 saturated heterocycles. The molecule has 0 aliphatic carbocycles. The van der Waals surface area contributed by atoms with Crippen LogP contribution in [0, 0.1) is 0 Å². The molecule has 0 fully saturated rings. The number of amides is 2. The van der Waals surface area contributed by atoms with Crippen molar-refractivity contribution in [2.45, 2.75) is 26.7 Å². The molecule has 0 saturated carbocycles. The molecule has 0 aliphatic heterocycles. The van der Waals surface area contributed by atoms with E-state index in [0.717, 1.165) is 0 Å². The Morgan fingerprint density at radius 2 is 1.72 bits per heavy atom. The summed E-state index contributed by atoms with van der Waals surface area (Å²) in [6.45, 7) is 5.46. The highest BCUT2D eigenvalue weighted by Crippen LogP contribution is 2.29. The van der Waals surface area contributed by atoms with Gasteiger partial charge in [-0.25, -0.2) is 0 Å². The van der Waals surface area contributed by atoms with Crippen LogP contribution in [0.1, 0.15) is 32.3 Å². The molecule has 0 bridgehead atoms. The van der Waals surface area contributed by atoms with E-state index in [2.05, 4.69) is 19.2 Å². The number of benzene rings is 2. The van der Waals surface area contributed by atoms with Crippen molar-refractivity contribution in [1.82, 2.24) is 0 Å². The average molecular weight is 379 g/mol. The first-order valence-electron chi connectivity index (χ1n) is 7.91. The van der Waals surface area contributed by atoms with E-state index in [9.17, 15) is 9.59 Å². The number of rotatable bonds is 5. The molecule has 0 atom stereocenters. The van der Waals surface area contributed by atoms with Gasteiger partial charge in [0.15, 0.2) is 0 Å². The monoisotopic (exact) mass is 378 g/mol. The van der Waals surface area contributed by atoms with E-state index in [4.69, 9.17) is 23.2 Å². The van der Waals surface area contributed by atoms with Crippen LogP contribution in [-0.4, -0.2) is 18.4 Å². The summed E-state index contributed by atoms with van der Waals surface area (Å²) in [6.07, 6.45) is 0. The van der Waals surface area contributed by atoms with E-state index in [1.807, 2.05) is 24.3 Å². The Labute approximate surface area is 157 Å². The fourth-order valence-corrected chi connectivity index (χ4v) is 2.87. The van der Waals surface area contributed by atoms with Gasteiger partial charge >= 0.3 is 0 Å². The molecule has 0 spiro atoms. The molecule has 2 aromatic carbocycles. The highest BCUT2D eigenvalue weighted by atomic mass is 35.5. The molecule has 25 heavy (non-hydrogen) atoms. The van der Waals surface area contributed by atoms with Gasteiger partial charge < -0.3 is 10.2 Å². The summed E-state index contributed by atoms with van der Waals surface area (Å²) < 4.78 is 0. The lowest BCUT2D eigenvalue weighted by Gasteiger charge is -2.22. The summed E-state index contributed by atoms with van der Waals surface area (Å²) in [5.74, 6) is -0.168. The normalized spacial score (nSPS) is 10.6. The van der Waals surface area contributed by atoms with E-state index in [1.54, 1.807) is 12.1 Å². The minimum absolute atomic E-state index is 0.136. The molecular formula is C19H20Cl2N2O2. The standard InChI is InChI=1S/C19H20Cl2N2O2/c1-12(2)14-4-7-16(8-5-14)22-19(25)11-23(13(3)24)18-9-6-15(20)10-17(18)21/h4-10,12H,11H2,1-3H3,(H,22,25). The van der Waals surface area contributed by atoms with Crippen molar-refractivity contribution in [3.63, 3.8) is 0 Å². The maximum Gasteiger partial charge on any atom is 0.244 e. The van der Waals surface area contributed by atoms with Gasteiger partial charge in [-0.15, -0.1) is 0 Å². The summed E-state index contributed by atoms with van der Waals surface area (Å²) in [5, 5.41) is 3.57. The Kier molecular flexibility index (Phi) is 6.45. The number of nitrogens with one attached hydrogen (secondary N) is 1. The molecule has 1 N–H and O–H groups in total. The molecule has 0 heterocycles. The van der Waals surface area contributed by atoms with E-state index in [0.29, 0.717) is 27.3 Å². The topological polar surface area (TPSA) is 49.4 Å². The first-order valence-corrected chi connectivity index (χ1v) is 8.66. The molecule has 0 aromatic heterocycles. The number of nitrogens with zero attached hydrogens (tertiary/aromatic N) is 1. The zero-order valence-electron chi connectivity index (χ0n) is 14.3. The van der Waals surface area contributed by atoms with Gasteiger partial charge in [-0.1, -0.05) is 49.2 Å². The van der Waals surface area contributed by atoms with Crippen LogP contribution in [-0.2, 0) is 9.59 Å². The molecule has 132 valence electrons. The van der Waals surface area contributed by atoms with Crippen molar-refractivity contribution >= 4 is 46.4 Å². The van der Waals surface area contributed by atoms with Gasteiger partial charge in [-0.2, -0.15) is 0 Å². The van der Waals surface area contributed by atoms with Crippen molar-refractivity contribution in [2.24, 2.45) is 0 Å². The smallest absolute Gasteiger partial charge is 0.244 e. The molecule has 4 nitrogen and oxygen atoms in total. The third kappa shape index (κ3) is 5.21. The maximum atomic E-state index is 12.3. The van der Waals surface area contributed by atoms with Gasteiger partial charge in [0.1, 0.15) is 6.54 Å². The largest absolute Gasteiger partial charge is 0.325 e. The minimum atomic E-state index is -0.307. The molecule has 2 rings (SSSR count). The lowest BCUT2D eigenvalue weighted by molar-refractivity contribution is -0.120. The molecule has 6 heteroatoms. The van der Waals surface area contributed by atoms with Crippen LogP contribution in [0.15, 0.2) is 42.5 Å². The van der Waals surface area contributed by atoms with Crippen LogP contribution in [0.5, 0.6) is 0 Å². The van der Waals surface area contributed by atoms with Gasteiger partial charge in [0.25, 0.3) is 0 Å². The second kappa shape index (κ2) is 8.37. The highest BCUT2D eigenvalue weighted by molar-refractivity contribution is 6.36. The number of carbonyl (C=O) groups is 2. The predicted molar refractivity (Wildman–Crippen MR) is 104 cm³/mol. The molecule has 0 unspecified atom stereocenters. The third-order valence-electron chi connectivity index (χ3n) is 3.74. The fraction of sp³-hybridized carbons (Fsp3) is 0.263. The lowest BCUT2D eigenvalue weighted by atomic mass is 10.0. The Hall–Kier alpha value is -2.04. The lowest BCUT2D eigenvalue weighted by Crippen LogP contribution is -2.36. The first-order chi connectivity index (χ1) is 11.8. The quantitative estimate of drug-likeness (QED) is 0.785. The average Bonchev–Trinajstić information content (AvgIpc) is 2.53. The molecule has 0 aliphatic rings. The molecule has 2 amide bonds. The molecular weight excluding hydrogens is 359 g/mol. The van der Waals surface area contributed by atoms with Crippen molar-refractivity contribution in [3.8, 4) is 0 Å². The summed E-state index contributed by atoms with van der Waals surface area (Å²) in [7, 11) is 0. The van der Waals surface area contributed by atoms with E-state index in [-0.39, 0.29) is 18.4 Å². The van der Waals surface area contributed by atoms with Crippen LogP contribution in [0.25, 0.3) is 0 Å². The predicted octanol–water partition coefficient (Wildman–Crippen LogP) is 5.11. The van der Waals surface area contributed by atoms with Crippen molar-refractivity contribution < 1.29 is 9.59 Å². The van der Waals surface area contributed by atoms with Gasteiger partial charge in [0, 0.05) is 17.6 Å². The van der Waals surface area contributed by atoms with Crippen molar-refractivity contribution in [3.05, 3.63) is 58.1 Å². The SMILES string of the molecule is CC(=O)N(CC(=O)Nc1ccc(C(C)C)cc1)c1ccc(Cl)cc1Cl. The Balaban J connectivity index is 2.11. The Bertz CT molecular complexity index is 773. The number of halogens is 2. The maximum absolute atomic E-state index is 12.3. The number of hydrogen-bond donors (Lipinski definition) is 1. The van der Waals surface area contributed by atoms with Gasteiger partial charge in [0.2, 0.25) is 11.8 Å². The van der Waals surface area contributed by atoms with Crippen LogP contribution in [0.4, 0.5) is 11.4 Å². The van der Waals surface area contributed by atoms with Crippen molar-refractivity contribution in [1.29, 1.82) is 0 Å². The number of hydrogen-bond acceptors (Lipinski definition) is 2. The summed E-state index contributed by atoms with van der Waals surface area (Å²) in [5.41, 5.74) is 2.32. The zero-order chi connectivity index (χ0) is 18.6. The molecule has 0 radical (unpaired) electrons. The minimum Gasteiger partial charge on any atom is -0.325 e. The highest BCUT2D eigenvalue weighted by Gasteiger charge is 2.18. The van der Waals surface area contributed by atoms with E-state index < -0.39 is 0 Å². The summed E-state index contributed by atoms with van der Waals surface area (Å²) >= 11 is 12.0.